The Balaban J connectivity index is 0. The molecule has 0 heteroatoms. The molecule has 0 N–H and O–H groups in total. The normalized spacial score (nSPS) is 13.8. The van der Waals surface area contributed by atoms with Crippen molar-refractivity contribution in [3.63, 3.8) is 0 Å². The zero-order valence-corrected chi connectivity index (χ0v) is 9.04. The third-order valence-corrected chi connectivity index (χ3v) is 1.16. The van der Waals surface area contributed by atoms with E-state index in [1.165, 1.54) is 0 Å². The molecule has 70 valence electrons. The van der Waals surface area contributed by atoms with E-state index >= 15 is 0 Å². The highest BCUT2D eigenvalue weighted by Crippen LogP contribution is 2.02. The van der Waals surface area contributed by atoms with Crippen molar-refractivity contribution < 1.29 is 0 Å². The van der Waals surface area contributed by atoms with Gasteiger partial charge >= 0.3 is 0 Å². The summed E-state index contributed by atoms with van der Waals surface area (Å²) in [5, 5.41) is 0. The van der Waals surface area contributed by atoms with Crippen molar-refractivity contribution >= 4 is 0 Å². The van der Waals surface area contributed by atoms with Crippen molar-refractivity contribution in [1.82, 2.24) is 0 Å². The number of hydrogen-bond acceptors (Lipinski definition) is 0. The van der Waals surface area contributed by atoms with E-state index in [4.69, 9.17) is 0 Å². The molecule has 0 heterocycles. The van der Waals surface area contributed by atoms with Crippen LogP contribution in [0.1, 0.15) is 34.6 Å². The molecule has 0 fully saturated rings. The summed E-state index contributed by atoms with van der Waals surface area (Å²) in [6.45, 7) is 10.2. The van der Waals surface area contributed by atoms with Crippen molar-refractivity contribution in [1.29, 1.82) is 0 Å². The summed E-state index contributed by atoms with van der Waals surface area (Å²) in [5.41, 5.74) is 0. The standard InChI is InChI=1S/C8H10.2C2H6/c1-8-6-4-2-3-5-7-8;2*1-2/h2-8H,1H3;2*1-2H3. The van der Waals surface area contributed by atoms with E-state index in [9.17, 15) is 0 Å². The SMILES string of the molecule is CC.CC.CC1C=CC=CC=C1. The minimum absolute atomic E-state index is 0.602. The Labute approximate surface area is 77.7 Å². The van der Waals surface area contributed by atoms with Crippen molar-refractivity contribution in [2.24, 2.45) is 5.92 Å². The lowest BCUT2D eigenvalue weighted by molar-refractivity contribution is 0.943. The summed E-state index contributed by atoms with van der Waals surface area (Å²) in [5.74, 6) is 0.602. The summed E-state index contributed by atoms with van der Waals surface area (Å²) in [6, 6.07) is 0. The van der Waals surface area contributed by atoms with Gasteiger partial charge in [0.1, 0.15) is 0 Å². The van der Waals surface area contributed by atoms with Crippen LogP contribution in [-0.2, 0) is 0 Å². The monoisotopic (exact) mass is 166 g/mol. The Kier molecular flexibility index (Phi) is 14.8. The molecule has 1 aliphatic carbocycles. The topological polar surface area (TPSA) is 0 Å². The highest BCUT2D eigenvalue weighted by Gasteiger charge is 1.86. The first-order valence-electron chi connectivity index (χ1n) is 4.91. The molecule has 0 saturated heterocycles. The molecule has 0 bridgehead atoms. The minimum atomic E-state index is 0.602. The van der Waals surface area contributed by atoms with Crippen molar-refractivity contribution in [3.05, 3.63) is 36.5 Å². The van der Waals surface area contributed by atoms with Crippen LogP contribution >= 0.6 is 0 Å². The van der Waals surface area contributed by atoms with Crippen LogP contribution in [0.5, 0.6) is 0 Å². The van der Waals surface area contributed by atoms with E-state index < -0.39 is 0 Å². The molecule has 12 heavy (non-hydrogen) atoms. The van der Waals surface area contributed by atoms with Gasteiger partial charge in [-0.2, -0.15) is 0 Å². The molecule has 1 rings (SSSR count). The maximum absolute atomic E-state index is 2.17. The maximum atomic E-state index is 2.17. The zero-order chi connectivity index (χ0) is 9.82. The van der Waals surface area contributed by atoms with Crippen molar-refractivity contribution in [2.75, 3.05) is 0 Å². The Bertz CT molecular complexity index is 122. The van der Waals surface area contributed by atoms with Crippen LogP contribution in [0.15, 0.2) is 36.5 Å². The highest BCUT2D eigenvalue weighted by atomic mass is 13.9. The quantitative estimate of drug-likeness (QED) is 0.501. The van der Waals surface area contributed by atoms with Crippen LogP contribution in [0.3, 0.4) is 0 Å². The number of rotatable bonds is 0. The van der Waals surface area contributed by atoms with E-state index in [0.717, 1.165) is 0 Å². The predicted octanol–water partition coefficient (Wildman–Crippen LogP) is 4.36. The van der Waals surface area contributed by atoms with Crippen LogP contribution in [0.4, 0.5) is 0 Å². The average molecular weight is 166 g/mol. The summed E-state index contributed by atoms with van der Waals surface area (Å²) in [7, 11) is 0. The van der Waals surface area contributed by atoms with E-state index in [-0.39, 0.29) is 0 Å². The smallest absolute Gasteiger partial charge is 0.00756 e. The molecule has 0 spiro atoms. The molecule has 0 amide bonds. The molecule has 1 aliphatic rings. The van der Waals surface area contributed by atoms with Gasteiger partial charge in [0.05, 0.1) is 0 Å². The Morgan fingerprint density at radius 1 is 0.667 bits per heavy atom. The molecular weight excluding hydrogens is 144 g/mol. The molecule has 0 aromatic carbocycles. The number of allylic oxidation sites excluding steroid dienone is 6. The first-order chi connectivity index (χ1) is 5.89. The fourth-order valence-corrected chi connectivity index (χ4v) is 0.671. The molecule has 0 aliphatic heterocycles. The van der Waals surface area contributed by atoms with Crippen LogP contribution in [0, 0.1) is 5.92 Å². The summed E-state index contributed by atoms with van der Waals surface area (Å²) >= 11 is 0. The van der Waals surface area contributed by atoms with Gasteiger partial charge in [0, 0.05) is 0 Å². The van der Waals surface area contributed by atoms with E-state index in [2.05, 4.69) is 31.2 Å². The molecule has 0 saturated carbocycles. The van der Waals surface area contributed by atoms with Crippen molar-refractivity contribution in [3.8, 4) is 0 Å². The summed E-state index contributed by atoms with van der Waals surface area (Å²) < 4.78 is 0. The molecule has 0 unspecified atom stereocenters. The third kappa shape index (κ3) is 9.22. The second-order valence-corrected chi connectivity index (χ2v) is 2.01. The second kappa shape index (κ2) is 12.9. The molecule has 0 aromatic heterocycles. The first-order valence-corrected chi connectivity index (χ1v) is 4.91. The van der Waals surface area contributed by atoms with Gasteiger partial charge in [-0.05, 0) is 5.92 Å². The minimum Gasteiger partial charge on any atom is -0.0779 e. The second-order valence-electron chi connectivity index (χ2n) is 2.01. The van der Waals surface area contributed by atoms with E-state index in [0.29, 0.717) is 5.92 Å². The zero-order valence-electron chi connectivity index (χ0n) is 9.04. The van der Waals surface area contributed by atoms with E-state index in [1.54, 1.807) is 0 Å². The van der Waals surface area contributed by atoms with Gasteiger partial charge in [0.25, 0.3) is 0 Å². The number of hydrogen-bond donors (Lipinski definition) is 0. The molecular formula is C12H22. The first kappa shape index (κ1) is 13.8. The van der Waals surface area contributed by atoms with E-state index in [1.807, 2.05) is 39.8 Å². The fourth-order valence-electron chi connectivity index (χ4n) is 0.671. The highest BCUT2D eigenvalue weighted by molar-refractivity contribution is 5.18. The Morgan fingerprint density at radius 3 is 1.33 bits per heavy atom. The van der Waals surface area contributed by atoms with Gasteiger partial charge in [0.15, 0.2) is 0 Å². The molecule has 0 aromatic rings. The van der Waals surface area contributed by atoms with Gasteiger partial charge in [0.2, 0.25) is 0 Å². The Morgan fingerprint density at radius 2 is 1.00 bits per heavy atom. The largest absolute Gasteiger partial charge is 0.0779 e. The van der Waals surface area contributed by atoms with Gasteiger partial charge in [-0.25, -0.2) is 0 Å². The van der Waals surface area contributed by atoms with Crippen molar-refractivity contribution in [2.45, 2.75) is 34.6 Å². The predicted molar refractivity (Wildman–Crippen MR) is 59.3 cm³/mol. The Hall–Kier alpha value is -0.780. The maximum Gasteiger partial charge on any atom is -0.00756 e. The van der Waals surface area contributed by atoms with Crippen LogP contribution in [-0.4, -0.2) is 0 Å². The van der Waals surface area contributed by atoms with Gasteiger partial charge < -0.3 is 0 Å². The lowest BCUT2D eigenvalue weighted by Gasteiger charge is -1.90. The van der Waals surface area contributed by atoms with Crippen LogP contribution in [0.2, 0.25) is 0 Å². The van der Waals surface area contributed by atoms with Gasteiger partial charge in [-0.15, -0.1) is 0 Å². The molecule has 0 atom stereocenters. The third-order valence-electron chi connectivity index (χ3n) is 1.16. The average Bonchev–Trinajstić information content (AvgIpc) is 2.40. The summed E-state index contributed by atoms with van der Waals surface area (Å²) in [6.07, 6.45) is 12.6. The van der Waals surface area contributed by atoms with Gasteiger partial charge in [-0.1, -0.05) is 71.1 Å². The summed E-state index contributed by atoms with van der Waals surface area (Å²) in [4.78, 5) is 0. The van der Waals surface area contributed by atoms with Crippen LogP contribution in [0.25, 0.3) is 0 Å². The molecule has 0 nitrogen and oxygen atoms in total. The van der Waals surface area contributed by atoms with Crippen LogP contribution < -0.4 is 0 Å². The lowest BCUT2D eigenvalue weighted by atomic mass is 10.2. The van der Waals surface area contributed by atoms with Gasteiger partial charge in [-0.3, -0.25) is 0 Å². The lowest BCUT2D eigenvalue weighted by Crippen LogP contribution is -1.77. The molecule has 0 radical (unpaired) electrons. The fraction of sp³-hybridized carbons (Fsp3) is 0.500.